The van der Waals surface area contributed by atoms with Crippen LogP contribution in [0.3, 0.4) is 0 Å². The number of alkyl halides is 1. The van der Waals surface area contributed by atoms with Crippen LogP contribution in [-0.4, -0.2) is 11.9 Å². The van der Waals surface area contributed by atoms with Crippen LogP contribution in [0.15, 0.2) is 12.1 Å². The molecule has 0 aromatic heterocycles. The summed E-state index contributed by atoms with van der Waals surface area (Å²) >= 11 is 3.75. The van der Waals surface area contributed by atoms with E-state index in [9.17, 15) is 0 Å². The highest BCUT2D eigenvalue weighted by Gasteiger charge is 2.31. The van der Waals surface area contributed by atoms with Crippen molar-refractivity contribution in [3.63, 3.8) is 0 Å². The zero-order valence-electron chi connectivity index (χ0n) is 13.1. The van der Waals surface area contributed by atoms with Gasteiger partial charge in [-0.2, -0.15) is 0 Å². The second-order valence-corrected chi connectivity index (χ2v) is 7.05. The number of ether oxygens (including phenoxy) is 1. The van der Waals surface area contributed by atoms with Crippen molar-refractivity contribution in [3.05, 3.63) is 28.8 Å². The molecule has 20 heavy (non-hydrogen) atoms. The van der Waals surface area contributed by atoms with Crippen molar-refractivity contribution in [2.45, 2.75) is 59.3 Å². The summed E-state index contributed by atoms with van der Waals surface area (Å²) in [5.74, 6) is 1.11. The van der Waals surface area contributed by atoms with E-state index in [0.29, 0.717) is 5.41 Å². The van der Waals surface area contributed by atoms with Gasteiger partial charge in [0.25, 0.3) is 0 Å². The summed E-state index contributed by atoms with van der Waals surface area (Å²) in [6, 6.07) is 4.36. The lowest BCUT2D eigenvalue weighted by Crippen LogP contribution is -2.30. The van der Waals surface area contributed by atoms with Gasteiger partial charge in [0.05, 0.1) is 6.61 Å². The number of rotatable bonds is 4. The van der Waals surface area contributed by atoms with Crippen molar-refractivity contribution in [2.75, 3.05) is 11.9 Å². The van der Waals surface area contributed by atoms with Gasteiger partial charge in [-0.25, -0.2) is 0 Å². The van der Waals surface area contributed by atoms with Crippen molar-refractivity contribution in [2.24, 2.45) is 5.41 Å². The molecule has 0 bridgehead atoms. The predicted molar refractivity (Wildman–Crippen MR) is 90.1 cm³/mol. The van der Waals surface area contributed by atoms with Crippen molar-refractivity contribution in [3.8, 4) is 5.75 Å². The average molecular weight is 339 g/mol. The molecule has 2 rings (SSSR count). The Morgan fingerprint density at radius 1 is 1.00 bits per heavy atom. The van der Waals surface area contributed by atoms with Gasteiger partial charge in [0.1, 0.15) is 5.75 Å². The van der Waals surface area contributed by atoms with Crippen LogP contribution in [0, 0.1) is 26.2 Å². The minimum absolute atomic E-state index is 0.332. The van der Waals surface area contributed by atoms with Crippen molar-refractivity contribution in [1.29, 1.82) is 0 Å². The highest BCUT2D eigenvalue weighted by Crippen LogP contribution is 2.38. The fourth-order valence-electron chi connectivity index (χ4n) is 3.17. The molecule has 1 fully saturated rings. The van der Waals surface area contributed by atoms with Crippen LogP contribution in [0.1, 0.15) is 55.2 Å². The Labute approximate surface area is 132 Å². The zero-order chi connectivity index (χ0) is 14.6. The van der Waals surface area contributed by atoms with E-state index in [1.165, 1.54) is 55.2 Å². The summed E-state index contributed by atoms with van der Waals surface area (Å²) in [6.07, 6.45) is 8.06. The van der Waals surface area contributed by atoms with Crippen LogP contribution in [0.5, 0.6) is 5.75 Å². The van der Waals surface area contributed by atoms with Crippen LogP contribution in [0.4, 0.5) is 0 Å². The molecule has 0 atom stereocenters. The summed E-state index contributed by atoms with van der Waals surface area (Å²) in [7, 11) is 0. The van der Waals surface area contributed by atoms with Gasteiger partial charge in [0.2, 0.25) is 0 Å². The molecule has 1 aliphatic rings. The van der Waals surface area contributed by atoms with Crippen LogP contribution in [0.25, 0.3) is 0 Å². The molecule has 0 N–H and O–H groups in total. The standard InChI is InChI=1S/C18H27BrO/c1-14-8-9-15(2)17(16(14)3)20-13-18(12-19)10-6-4-5-7-11-18/h8-9H,4-7,10-13H2,1-3H3. The second-order valence-electron chi connectivity index (χ2n) is 6.49. The van der Waals surface area contributed by atoms with Crippen molar-refractivity contribution >= 4 is 15.9 Å². The molecular weight excluding hydrogens is 312 g/mol. The Morgan fingerprint density at radius 3 is 2.20 bits per heavy atom. The first kappa shape index (κ1) is 15.9. The highest BCUT2D eigenvalue weighted by molar-refractivity contribution is 9.09. The average Bonchev–Trinajstić information content (AvgIpc) is 2.69. The molecule has 0 heterocycles. The Bertz CT molecular complexity index is 445. The lowest BCUT2D eigenvalue weighted by molar-refractivity contribution is 0.147. The third-order valence-electron chi connectivity index (χ3n) is 4.84. The normalized spacial score (nSPS) is 18.6. The van der Waals surface area contributed by atoms with Crippen LogP contribution >= 0.6 is 15.9 Å². The van der Waals surface area contributed by atoms with Crippen LogP contribution in [-0.2, 0) is 0 Å². The first-order valence-corrected chi connectivity index (χ1v) is 8.96. The third-order valence-corrected chi connectivity index (χ3v) is 6.03. The third kappa shape index (κ3) is 3.58. The van der Waals surface area contributed by atoms with Gasteiger partial charge in [-0.1, -0.05) is 53.7 Å². The largest absolute Gasteiger partial charge is 0.492 e. The van der Waals surface area contributed by atoms with Crippen LogP contribution in [0.2, 0.25) is 0 Å². The summed E-state index contributed by atoms with van der Waals surface area (Å²) in [5, 5.41) is 1.06. The molecule has 0 saturated heterocycles. The number of aryl methyl sites for hydroxylation is 2. The summed E-state index contributed by atoms with van der Waals surface area (Å²) in [5.41, 5.74) is 4.20. The quantitative estimate of drug-likeness (QED) is 0.503. The molecule has 0 aliphatic heterocycles. The Morgan fingerprint density at radius 2 is 1.60 bits per heavy atom. The zero-order valence-corrected chi connectivity index (χ0v) is 14.7. The van der Waals surface area contributed by atoms with Gasteiger partial charge in [0.15, 0.2) is 0 Å². The molecule has 0 spiro atoms. The number of halogens is 1. The van der Waals surface area contributed by atoms with Crippen molar-refractivity contribution < 1.29 is 4.74 Å². The fourth-order valence-corrected chi connectivity index (χ4v) is 3.89. The Balaban J connectivity index is 2.12. The van der Waals surface area contributed by atoms with Gasteiger partial charge in [-0.05, 0) is 50.3 Å². The van der Waals surface area contributed by atoms with E-state index >= 15 is 0 Å². The van der Waals surface area contributed by atoms with Crippen molar-refractivity contribution in [1.82, 2.24) is 0 Å². The molecule has 112 valence electrons. The maximum Gasteiger partial charge on any atom is 0.125 e. The van der Waals surface area contributed by atoms with Gasteiger partial charge >= 0.3 is 0 Å². The lowest BCUT2D eigenvalue weighted by atomic mass is 9.83. The first-order valence-electron chi connectivity index (χ1n) is 7.83. The highest BCUT2D eigenvalue weighted by atomic mass is 79.9. The maximum absolute atomic E-state index is 6.31. The smallest absolute Gasteiger partial charge is 0.125 e. The number of hydrogen-bond acceptors (Lipinski definition) is 1. The van der Waals surface area contributed by atoms with Gasteiger partial charge in [-0.15, -0.1) is 0 Å². The van der Waals surface area contributed by atoms with E-state index < -0.39 is 0 Å². The molecule has 1 saturated carbocycles. The Hall–Kier alpha value is -0.500. The molecular formula is C18H27BrO. The van der Waals surface area contributed by atoms with E-state index in [1.807, 2.05) is 0 Å². The van der Waals surface area contributed by atoms with E-state index in [4.69, 9.17) is 4.74 Å². The fraction of sp³-hybridized carbons (Fsp3) is 0.667. The van der Waals surface area contributed by atoms with E-state index in [0.717, 1.165) is 17.7 Å². The van der Waals surface area contributed by atoms with Gasteiger partial charge in [-0.3, -0.25) is 0 Å². The van der Waals surface area contributed by atoms with Crippen LogP contribution < -0.4 is 4.74 Å². The number of hydrogen-bond donors (Lipinski definition) is 0. The summed E-state index contributed by atoms with van der Waals surface area (Å²) < 4.78 is 6.31. The maximum atomic E-state index is 6.31. The van der Waals surface area contributed by atoms with E-state index in [1.54, 1.807) is 0 Å². The van der Waals surface area contributed by atoms with E-state index in [-0.39, 0.29) is 0 Å². The second kappa shape index (κ2) is 6.98. The van der Waals surface area contributed by atoms with E-state index in [2.05, 4.69) is 48.8 Å². The van der Waals surface area contributed by atoms with Gasteiger partial charge in [0, 0.05) is 10.7 Å². The Kier molecular flexibility index (Phi) is 5.54. The molecule has 0 amide bonds. The minimum atomic E-state index is 0.332. The SMILES string of the molecule is Cc1ccc(C)c(OCC2(CBr)CCCCCC2)c1C. The first-order chi connectivity index (χ1) is 9.58. The van der Waals surface area contributed by atoms with Gasteiger partial charge < -0.3 is 4.74 Å². The minimum Gasteiger partial charge on any atom is -0.492 e. The predicted octanol–water partition coefficient (Wildman–Crippen LogP) is 5.73. The molecule has 2 heteroatoms. The molecule has 1 nitrogen and oxygen atoms in total. The summed E-state index contributed by atoms with van der Waals surface area (Å²) in [4.78, 5) is 0. The number of benzene rings is 1. The lowest BCUT2D eigenvalue weighted by Gasteiger charge is -2.31. The molecule has 1 aromatic rings. The summed E-state index contributed by atoms with van der Waals surface area (Å²) in [6.45, 7) is 7.33. The monoisotopic (exact) mass is 338 g/mol. The molecule has 0 radical (unpaired) electrons. The molecule has 1 aromatic carbocycles. The topological polar surface area (TPSA) is 9.23 Å². The molecule has 0 unspecified atom stereocenters. The molecule has 1 aliphatic carbocycles.